The van der Waals surface area contributed by atoms with Crippen molar-refractivity contribution in [1.82, 2.24) is 0 Å². The Morgan fingerprint density at radius 1 is 1.04 bits per heavy atom. The number of nitrogens with zero attached hydrogens (tertiary/aromatic N) is 1. The Hall–Kier alpha value is -0.923. The predicted octanol–water partition coefficient (Wildman–Crippen LogP) is 3.70. The van der Waals surface area contributed by atoms with Crippen molar-refractivity contribution in [2.45, 2.75) is 105 Å². The second-order valence-corrected chi connectivity index (χ2v) is 16.5. The molecule has 0 aromatic heterocycles. The van der Waals surface area contributed by atoms with Crippen LogP contribution in [0.4, 0.5) is 4.79 Å². The molecule has 1 aliphatic heterocycles. The van der Waals surface area contributed by atoms with Gasteiger partial charge in [0.25, 0.3) is 6.09 Å². The molecule has 0 spiro atoms. The van der Waals surface area contributed by atoms with Gasteiger partial charge in [0, 0.05) is 6.42 Å². The molecule has 1 unspecified atom stereocenters. The molecule has 1 saturated heterocycles. The molecular weight excluding hydrogens is 374 g/mol. The molecule has 0 saturated carbocycles. The average Bonchev–Trinajstić information content (AvgIpc) is 2.81. The van der Waals surface area contributed by atoms with Crippen molar-refractivity contribution >= 4 is 20.4 Å². The highest BCUT2D eigenvalue weighted by molar-refractivity contribution is 6.74. The van der Waals surface area contributed by atoms with Gasteiger partial charge in [0.15, 0.2) is 8.32 Å². The summed E-state index contributed by atoms with van der Waals surface area (Å²) >= 11 is 0. The minimum absolute atomic E-state index is 0.0304. The van der Waals surface area contributed by atoms with Gasteiger partial charge < -0.3 is 19.1 Å². The van der Waals surface area contributed by atoms with E-state index < -0.39 is 31.4 Å². The van der Waals surface area contributed by atoms with Crippen molar-refractivity contribution in [3.05, 3.63) is 0 Å². The van der Waals surface area contributed by atoms with E-state index in [4.69, 9.17) is 9.16 Å². The highest BCUT2D eigenvalue weighted by Gasteiger charge is 2.57. The lowest BCUT2D eigenvalue weighted by molar-refractivity contribution is -0.931. The Kier molecular flexibility index (Phi) is 6.93. The van der Waals surface area contributed by atoms with Gasteiger partial charge in [0.1, 0.15) is 25.3 Å². The number of quaternary nitrogens is 1. The fraction of sp³-hybridized carbons (Fsp3) is 0.905. The van der Waals surface area contributed by atoms with Crippen LogP contribution >= 0.6 is 0 Å². The summed E-state index contributed by atoms with van der Waals surface area (Å²) in [7, 11) is -2.06. The van der Waals surface area contributed by atoms with E-state index in [1.807, 2.05) is 20.8 Å². The minimum atomic E-state index is -2.06. The second kappa shape index (κ2) is 7.72. The third-order valence-corrected chi connectivity index (χ3v) is 11.0. The van der Waals surface area contributed by atoms with Crippen LogP contribution in [0.15, 0.2) is 0 Å². The van der Waals surface area contributed by atoms with Gasteiger partial charge in [-0.3, -0.25) is 9.28 Å². The summed E-state index contributed by atoms with van der Waals surface area (Å²) in [6.45, 7) is 22.3. The first kappa shape index (κ1) is 25.1. The Labute approximate surface area is 172 Å². The molecule has 0 aromatic carbocycles. The normalized spacial score (nSPS) is 27.0. The van der Waals surface area contributed by atoms with Crippen LogP contribution in [0.1, 0.15) is 68.7 Å². The molecule has 0 bridgehead atoms. The van der Waals surface area contributed by atoms with Crippen molar-refractivity contribution in [3.8, 4) is 0 Å². The number of ether oxygens (including phenoxy) is 1. The minimum Gasteiger partial charge on any atom is -0.498 e. The summed E-state index contributed by atoms with van der Waals surface area (Å²) in [5.41, 5.74) is -1.24. The first-order valence-electron chi connectivity index (χ1n) is 10.2. The van der Waals surface area contributed by atoms with Gasteiger partial charge in [-0.1, -0.05) is 20.8 Å². The molecule has 1 fully saturated rings. The van der Waals surface area contributed by atoms with Crippen LogP contribution in [0.25, 0.3) is 0 Å². The zero-order chi connectivity index (χ0) is 22.3. The first-order valence-corrected chi connectivity index (χ1v) is 13.1. The number of hydrogen-bond donors (Lipinski definition) is 0. The largest absolute Gasteiger partial charge is 0.498 e. The maximum atomic E-state index is 12.4. The summed E-state index contributed by atoms with van der Waals surface area (Å²) in [6, 6.07) is -0.397. The van der Waals surface area contributed by atoms with Crippen LogP contribution in [0.3, 0.4) is 0 Å². The average molecular weight is 416 g/mol. The third kappa shape index (κ3) is 4.97. The lowest BCUT2D eigenvalue weighted by atomic mass is 9.97. The molecule has 1 heterocycles. The third-order valence-electron chi connectivity index (χ3n) is 6.46. The molecule has 1 rings (SSSR count). The quantitative estimate of drug-likeness (QED) is 0.397. The predicted molar refractivity (Wildman–Crippen MR) is 111 cm³/mol. The number of amides is 1. The highest BCUT2D eigenvalue weighted by atomic mass is 28.4. The van der Waals surface area contributed by atoms with Crippen LogP contribution in [0, 0.1) is 5.41 Å². The number of carboxylic acid groups (broad SMARTS) is 1. The Morgan fingerprint density at radius 2 is 1.54 bits per heavy atom. The maximum Gasteiger partial charge on any atom is 0.311 e. The lowest BCUT2D eigenvalue weighted by Gasteiger charge is -2.49. The number of carbonyl (C=O) groups is 2. The van der Waals surface area contributed by atoms with Crippen LogP contribution in [-0.4, -0.2) is 55.7 Å². The van der Waals surface area contributed by atoms with Crippen LogP contribution in [0.2, 0.25) is 18.1 Å². The van der Waals surface area contributed by atoms with Gasteiger partial charge in [0.2, 0.25) is 0 Å². The summed E-state index contributed by atoms with van der Waals surface area (Å²) in [5, 5.41) is 12.4. The fourth-order valence-corrected chi connectivity index (χ4v) is 4.97. The Bertz CT molecular complexity index is 597. The van der Waals surface area contributed by atoms with Gasteiger partial charge in [-0.15, -0.1) is 0 Å². The van der Waals surface area contributed by atoms with E-state index in [0.717, 1.165) is 0 Å². The van der Waals surface area contributed by atoms with Gasteiger partial charge in [-0.05, 0) is 59.7 Å². The number of carbonyl (C=O) groups excluding carboxylic acids is 2. The van der Waals surface area contributed by atoms with E-state index in [0.29, 0.717) is 13.0 Å². The van der Waals surface area contributed by atoms with E-state index in [1.54, 1.807) is 20.8 Å². The zero-order valence-corrected chi connectivity index (χ0v) is 20.8. The van der Waals surface area contributed by atoms with E-state index in [9.17, 15) is 14.7 Å². The standard InChI is InChI=1S/C21H41NO5Si/c1-19(2,3)17(23)26-14-15-12-16(27-28(10,11)21(7,8)9)13-22(15,18(24)25)20(4,5)6/h15-16H,12-14H2,1-11H3/t15-,16+,22?/m1/s1. The molecule has 0 aromatic rings. The molecule has 0 N–H and O–H groups in total. The molecular formula is C21H41NO5Si. The van der Waals surface area contributed by atoms with Gasteiger partial charge in [-0.25, -0.2) is 0 Å². The Balaban J connectivity index is 3.19. The topological polar surface area (TPSA) is 75.7 Å². The second-order valence-electron chi connectivity index (χ2n) is 11.7. The molecule has 6 nitrogen and oxygen atoms in total. The maximum absolute atomic E-state index is 12.4. The number of likely N-dealkylation sites (tertiary alicyclic amines) is 1. The summed E-state index contributed by atoms with van der Waals surface area (Å²) in [4.78, 5) is 24.7. The van der Waals surface area contributed by atoms with Crippen molar-refractivity contribution in [3.63, 3.8) is 0 Å². The summed E-state index contributed by atoms with van der Waals surface area (Å²) in [6.07, 6.45) is -0.795. The number of esters is 1. The van der Waals surface area contributed by atoms with Crippen molar-refractivity contribution < 1.29 is 28.3 Å². The van der Waals surface area contributed by atoms with E-state index in [1.165, 1.54) is 0 Å². The molecule has 164 valence electrons. The van der Waals surface area contributed by atoms with E-state index >= 15 is 0 Å². The SMILES string of the molecule is CC(C)(C)C(=O)OC[C@H]1C[C@H](O[Si](C)(C)C(C)(C)C)C[N+]1(C(=O)[O-])C(C)(C)C. The number of hydrogen-bond acceptors (Lipinski definition) is 5. The van der Waals surface area contributed by atoms with Gasteiger partial charge >= 0.3 is 5.97 Å². The van der Waals surface area contributed by atoms with Crippen LogP contribution in [-0.2, 0) is 14.0 Å². The van der Waals surface area contributed by atoms with E-state index in [-0.39, 0.29) is 28.2 Å². The lowest BCUT2D eigenvalue weighted by Crippen LogP contribution is -2.71. The first-order chi connectivity index (χ1) is 12.3. The van der Waals surface area contributed by atoms with E-state index in [2.05, 4.69) is 33.9 Å². The smallest absolute Gasteiger partial charge is 0.311 e. The monoisotopic (exact) mass is 415 g/mol. The molecule has 0 radical (unpaired) electrons. The molecule has 3 atom stereocenters. The molecule has 28 heavy (non-hydrogen) atoms. The highest BCUT2D eigenvalue weighted by Crippen LogP contribution is 2.43. The Morgan fingerprint density at radius 3 is 1.89 bits per heavy atom. The molecule has 1 amide bonds. The van der Waals surface area contributed by atoms with Gasteiger partial charge in [0.05, 0.1) is 11.0 Å². The fourth-order valence-electron chi connectivity index (χ4n) is 3.61. The molecule has 0 aliphatic carbocycles. The number of rotatable bonds is 4. The zero-order valence-electron chi connectivity index (χ0n) is 19.8. The van der Waals surface area contributed by atoms with Crippen molar-refractivity contribution in [2.75, 3.05) is 13.2 Å². The van der Waals surface area contributed by atoms with Crippen LogP contribution in [0.5, 0.6) is 0 Å². The van der Waals surface area contributed by atoms with Gasteiger partial charge in [-0.2, -0.15) is 0 Å². The summed E-state index contributed by atoms with van der Waals surface area (Å²) in [5.74, 6) is -0.327. The molecule has 1 aliphatic rings. The van der Waals surface area contributed by atoms with Crippen molar-refractivity contribution in [1.29, 1.82) is 0 Å². The van der Waals surface area contributed by atoms with Crippen LogP contribution < -0.4 is 5.11 Å². The summed E-state index contributed by atoms with van der Waals surface area (Å²) < 4.78 is 11.8. The molecule has 7 heteroatoms. The van der Waals surface area contributed by atoms with Crippen molar-refractivity contribution in [2.24, 2.45) is 5.41 Å².